The van der Waals surface area contributed by atoms with Gasteiger partial charge in [-0.2, -0.15) is 4.98 Å². The Morgan fingerprint density at radius 1 is 1.06 bits per heavy atom. The first-order valence-electron chi connectivity index (χ1n) is 17.1. The van der Waals surface area contributed by atoms with Gasteiger partial charge in [0.2, 0.25) is 11.9 Å². The molecule has 11 heteroatoms. The Morgan fingerprint density at radius 3 is 2.52 bits per heavy atom. The number of halogens is 2. The topological polar surface area (TPSA) is 95.4 Å². The molecule has 2 aliphatic rings. The molecule has 2 N–H and O–H groups in total. The van der Waals surface area contributed by atoms with Crippen LogP contribution < -0.4 is 21.1 Å². The van der Waals surface area contributed by atoms with E-state index in [0.717, 1.165) is 63.1 Å². The minimum atomic E-state index is -0.580. The van der Waals surface area contributed by atoms with Gasteiger partial charge in [-0.3, -0.25) is 14.2 Å². The molecule has 0 radical (unpaired) electrons. The number of pyridine rings is 1. The van der Waals surface area contributed by atoms with E-state index in [-0.39, 0.29) is 28.6 Å². The van der Waals surface area contributed by atoms with E-state index in [1.165, 1.54) is 11.8 Å². The number of amides is 1. The van der Waals surface area contributed by atoms with Gasteiger partial charge in [-0.15, -0.1) is 0 Å². The molecule has 3 heterocycles. The summed E-state index contributed by atoms with van der Waals surface area (Å²) in [6, 6.07) is 10.7. The summed E-state index contributed by atoms with van der Waals surface area (Å²) in [6.07, 6.45) is 6.97. The summed E-state index contributed by atoms with van der Waals surface area (Å²) in [5.74, 6) is -0.115. The van der Waals surface area contributed by atoms with Crippen LogP contribution in [0, 0.1) is 19.7 Å². The van der Waals surface area contributed by atoms with Gasteiger partial charge in [0.25, 0.3) is 5.56 Å². The van der Waals surface area contributed by atoms with Crippen molar-refractivity contribution in [2.45, 2.75) is 77.8 Å². The molecule has 0 bridgehead atoms. The van der Waals surface area contributed by atoms with Crippen molar-refractivity contribution in [1.29, 1.82) is 0 Å². The van der Waals surface area contributed by atoms with E-state index in [9.17, 15) is 14.0 Å². The zero-order valence-electron chi connectivity index (χ0n) is 28.3. The van der Waals surface area contributed by atoms with Crippen molar-refractivity contribution in [3.8, 4) is 11.1 Å². The standard InChI is InChI=1S/C37H45ClFN7O2/c1-5-6-10-32(47)41-25-11-14-27(15-12-25)46-35-29(24(3)33(36(46)48)28-8-7-9-30(39)34(28)38)22-40-37(43-35)42-26-13-16-31(23(2)21-26)45-19-17-44(4)18-20-45/h7-9,13,16,21-22,25,27H,5-6,10-12,14-15,17-20H2,1-4H3,(H,41,47)(H,40,42,43). The number of likely N-dealkylation sites (N-methyl/N-ethyl adjacent to an activating group) is 1. The van der Waals surface area contributed by atoms with Crippen LogP contribution in [0.3, 0.4) is 0 Å². The Labute approximate surface area is 286 Å². The molecule has 2 aromatic heterocycles. The number of aryl methyl sites for hydroxylation is 2. The molecule has 254 valence electrons. The third-order valence-corrected chi connectivity index (χ3v) is 10.3. The molecule has 2 aromatic carbocycles. The number of rotatable bonds is 9. The Morgan fingerprint density at radius 2 is 1.81 bits per heavy atom. The van der Waals surface area contributed by atoms with Crippen molar-refractivity contribution in [3.63, 3.8) is 0 Å². The van der Waals surface area contributed by atoms with Gasteiger partial charge in [0.1, 0.15) is 11.5 Å². The Hall–Kier alpha value is -4.02. The number of benzene rings is 2. The molecular formula is C37H45ClFN7O2. The lowest BCUT2D eigenvalue weighted by Gasteiger charge is -2.35. The number of hydrogen-bond acceptors (Lipinski definition) is 7. The largest absolute Gasteiger partial charge is 0.369 e. The van der Waals surface area contributed by atoms with Crippen LogP contribution in [0.5, 0.6) is 0 Å². The monoisotopic (exact) mass is 673 g/mol. The highest BCUT2D eigenvalue weighted by atomic mass is 35.5. The maximum absolute atomic E-state index is 14.6. The number of hydrogen-bond donors (Lipinski definition) is 2. The van der Waals surface area contributed by atoms with Crippen LogP contribution in [0.25, 0.3) is 22.2 Å². The Kier molecular flexibility index (Phi) is 10.3. The minimum Gasteiger partial charge on any atom is -0.369 e. The van der Waals surface area contributed by atoms with Crippen molar-refractivity contribution >= 4 is 45.9 Å². The van der Waals surface area contributed by atoms with Crippen LogP contribution in [-0.2, 0) is 4.79 Å². The van der Waals surface area contributed by atoms with Crippen LogP contribution >= 0.6 is 11.6 Å². The number of nitrogens with zero attached hydrogens (tertiary/aromatic N) is 5. The van der Waals surface area contributed by atoms with Gasteiger partial charge in [-0.1, -0.05) is 37.1 Å². The molecule has 1 aliphatic heterocycles. The van der Waals surface area contributed by atoms with Crippen molar-refractivity contribution in [3.05, 3.63) is 74.9 Å². The lowest BCUT2D eigenvalue weighted by Crippen LogP contribution is -2.44. The van der Waals surface area contributed by atoms with E-state index < -0.39 is 5.82 Å². The van der Waals surface area contributed by atoms with E-state index in [4.69, 9.17) is 16.6 Å². The molecule has 1 saturated heterocycles. The lowest BCUT2D eigenvalue weighted by atomic mass is 9.90. The third-order valence-electron chi connectivity index (χ3n) is 9.91. The molecule has 9 nitrogen and oxygen atoms in total. The molecule has 48 heavy (non-hydrogen) atoms. The molecule has 0 atom stereocenters. The lowest BCUT2D eigenvalue weighted by molar-refractivity contribution is -0.122. The highest BCUT2D eigenvalue weighted by molar-refractivity contribution is 6.33. The summed E-state index contributed by atoms with van der Waals surface area (Å²) in [6.45, 7) is 10.1. The number of fused-ring (bicyclic) bond motifs is 1. The van der Waals surface area contributed by atoms with Gasteiger partial charge in [0.15, 0.2) is 0 Å². The Balaban J connectivity index is 1.35. The number of carbonyl (C=O) groups excluding carboxylic acids is 1. The maximum Gasteiger partial charge on any atom is 0.260 e. The first-order chi connectivity index (χ1) is 23.1. The molecular weight excluding hydrogens is 629 g/mol. The highest BCUT2D eigenvalue weighted by Crippen LogP contribution is 2.36. The molecule has 4 aromatic rings. The second-order valence-electron chi connectivity index (χ2n) is 13.3. The predicted octanol–water partition coefficient (Wildman–Crippen LogP) is 7.15. The smallest absolute Gasteiger partial charge is 0.260 e. The van der Waals surface area contributed by atoms with Gasteiger partial charge in [0.05, 0.1) is 10.6 Å². The van der Waals surface area contributed by atoms with Crippen molar-refractivity contribution in [2.24, 2.45) is 0 Å². The van der Waals surface area contributed by atoms with E-state index in [2.05, 4.69) is 58.4 Å². The summed E-state index contributed by atoms with van der Waals surface area (Å²) >= 11 is 6.45. The summed E-state index contributed by atoms with van der Waals surface area (Å²) in [4.78, 5) is 41.3. The van der Waals surface area contributed by atoms with E-state index in [0.29, 0.717) is 52.9 Å². The molecule has 0 unspecified atom stereocenters. The van der Waals surface area contributed by atoms with Crippen molar-refractivity contribution in [1.82, 2.24) is 24.8 Å². The number of nitrogens with one attached hydrogen (secondary N) is 2. The first-order valence-corrected chi connectivity index (χ1v) is 17.5. The quantitative estimate of drug-likeness (QED) is 0.195. The number of anilines is 3. The molecule has 0 spiro atoms. The molecule has 2 fully saturated rings. The first kappa shape index (κ1) is 33.9. The zero-order chi connectivity index (χ0) is 33.9. The summed E-state index contributed by atoms with van der Waals surface area (Å²) in [7, 11) is 2.15. The molecule has 6 rings (SSSR count). The van der Waals surface area contributed by atoms with Gasteiger partial charge in [0, 0.05) is 73.2 Å². The highest BCUT2D eigenvalue weighted by Gasteiger charge is 2.29. The fourth-order valence-electron chi connectivity index (χ4n) is 7.13. The van der Waals surface area contributed by atoms with Gasteiger partial charge in [-0.05, 0) is 88.4 Å². The molecule has 1 amide bonds. The van der Waals surface area contributed by atoms with Crippen LogP contribution in [0.4, 0.5) is 21.7 Å². The normalized spacial score (nSPS) is 18.7. The van der Waals surface area contributed by atoms with Crippen molar-refractivity contribution in [2.75, 3.05) is 43.4 Å². The van der Waals surface area contributed by atoms with Gasteiger partial charge >= 0.3 is 0 Å². The van der Waals surface area contributed by atoms with Gasteiger partial charge < -0.3 is 20.4 Å². The average Bonchev–Trinajstić information content (AvgIpc) is 3.07. The van der Waals surface area contributed by atoms with E-state index >= 15 is 0 Å². The summed E-state index contributed by atoms with van der Waals surface area (Å²) in [5, 5.41) is 7.16. The molecule has 1 saturated carbocycles. The van der Waals surface area contributed by atoms with E-state index in [1.54, 1.807) is 22.9 Å². The Bertz CT molecular complexity index is 1860. The van der Waals surface area contributed by atoms with E-state index in [1.807, 2.05) is 13.0 Å². The van der Waals surface area contributed by atoms with Crippen LogP contribution in [0.2, 0.25) is 5.02 Å². The third kappa shape index (κ3) is 7.05. The minimum absolute atomic E-state index is 0.0686. The number of aromatic nitrogens is 3. The fraction of sp³-hybridized carbons (Fsp3) is 0.459. The second-order valence-corrected chi connectivity index (χ2v) is 13.7. The SMILES string of the molecule is CCCCC(=O)NC1CCC(n2c(=O)c(-c3cccc(F)c3Cl)c(C)c3cnc(Nc4ccc(N5CCN(C)CC5)c(C)c4)nc32)CC1. The van der Waals surface area contributed by atoms with Crippen LogP contribution in [0.15, 0.2) is 47.4 Å². The number of piperazine rings is 1. The van der Waals surface area contributed by atoms with Crippen LogP contribution in [-0.4, -0.2) is 64.6 Å². The average molecular weight is 674 g/mol. The van der Waals surface area contributed by atoms with Crippen LogP contribution in [0.1, 0.15) is 69.0 Å². The number of carbonyl (C=O) groups is 1. The molecule has 1 aliphatic carbocycles. The summed E-state index contributed by atoms with van der Waals surface area (Å²) < 4.78 is 16.4. The van der Waals surface area contributed by atoms with Crippen molar-refractivity contribution < 1.29 is 9.18 Å². The van der Waals surface area contributed by atoms with Gasteiger partial charge in [-0.25, -0.2) is 9.37 Å². The zero-order valence-corrected chi connectivity index (χ0v) is 29.0. The summed E-state index contributed by atoms with van der Waals surface area (Å²) in [5.41, 5.74) is 4.84. The maximum atomic E-state index is 14.6. The predicted molar refractivity (Wildman–Crippen MR) is 192 cm³/mol. The second kappa shape index (κ2) is 14.6. The fourth-order valence-corrected chi connectivity index (χ4v) is 7.35. The number of unbranched alkanes of at least 4 members (excludes halogenated alkanes) is 1.